The van der Waals surface area contributed by atoms with Crippen LogP contribution in [-0.2, 0) is 28.5 Å². The fourth-order valence-corrected chi connectivity index (χ4v) is 8.21. The van der Waals surface area contributed by atoms with Crippen molar-refractivity contribution in [3.63, 3.8) is 0 Å². The van der Waals surface area contributed by atoms with Crippen LogP contribution >= 0.6 is 0 Å². The molecule has 0 aliphatic carbocycles. The largest absolute Gasteiger partial charge is 0.508 e. The summed E-state index contributed by atoms with van der Waals surface area (Å²) in [4.78, 5) is 44.1. The highest BCUT2D eigenvalue weighted by molar-refractivity contribution is 5.72. The van der Waals surface area contributed by atoms with Crippen molar-refractivity contribution in [2.45, 2.75) is 247 Å². The number of ether oxygens (including phenoxy) is 4. The molecule has 9 nitrogen and oxygen atoms in total. The molecule has 0 spiro atoms. The van der Waals surface area contributed by atoms with Crippen molar-refractivity contribution in [2.24, 2.45) is 11.8 Å². The second kappa shape index (κ2) is 44.7. The summed E-state index contributed by atoms with van der Waals surface area (Å²) in [5.74, 6) is -0.0831. The van der Waals surface area contributed by atoms with Crippen LogP contribution in [-0.4, -0.2) is 93.1 Å². The van der Waals surface area contributed by atoms with E-state index in [1.54, 1.807) is 0 Å². The number of carbonyl (C=O) groups excluding carboxylic acids is 3. The molecule has 0 fully saturated rings. The molecular weight excluding hydrogens is 765 g/mol. The number of esters is 2. The lowest BCUT2D eigenvalue weighted by molar-refractivity contribution is -0.150. The molecule has 2 unspecified atom stereocenters. The molecule has 0 saturated heterocycles. The maximum absolute atomic E-state index is 13.2. The van der Waals surface area contributed by atoms with Gasteiger partial charge in [-0.2, -0.15) is 0 Å². The van der Waals surface area contributed by atoms with Crippen LogP contribution in [0.15, 0.2) is 0 Å². The topological polar surface area (TPSA) is 94.6 Å². The van der Waals surface area contributed by atoms with Gasteiger partial charge in [0.15, 0.2) is 0 Å². The average Bonchev–Trinajstić information content (AvgIpc) is 3.26. The molecule has 61 heavy (non-hydrogen) atoms. The highest BCUT2D eigenvalue weighted by atomic mass is 16.7. The summed E-state index contributed by atoms with van der Waals surface area (Å²) in [6.45, 7) is 22.1. The second-order valence-electron chi connectivity index (χ2n) is 17.8. The molecule has 0 aliphatic heterocycles. The van der Waals surface area contributed by atoms with E-state index in [9.17, 15) is 14.4 Å². The Kier molecular flexibility index (Phi) is 43.4. The third kappa shape index (κ3) is 36.2. The Balaban J connectivity index is 5.18. The molecule has 0 bridgehead atoms. The maximum Gasteiger partial charge on any atom is 0.508 e. The van der Waals surface area contributed by atoms with Crippen LogP contribution in [0.25, 0.3) is 0 Å². The normalized spacial score (nSPS) is 13.1. The maximum atomic E-state index is 13.2. The van der Waals surface area contributed by atoms with Gasteiger partial charge in [-0.25, -0.2) is 4.79 Å². The molecule has 0 rings (SSSR count). The first-order valence-corrected chi connectivity index (χ1v) is 26.4. The summed E-state index contributed by atoms with van der Waals surface area (Å²) in [6, 6.07) is 0. The lowest BCUT2D eigenvalue weighted by Gasteiger charge is -2.25. The average molecular weight is 867 g/mol. The number of nitrogens with zero attached hydrogens (tertiary/aromatic N) is 2. The van der Waals surface area contributed by atoms with E-state index in [4.69, 9.17) is 18.9 Å². The number of likely N-dealkylation sites (N-methyl/N-ethyl adjacent to an activating group) is 2. The fourth-order valence-electron chi connectivity index (χ4n) is 8.21. The number of carbonyl (C=O) groups is 3. The van der Waals surface area contributed by atoms with E-state index in [1.165, 1.54) is 103 Å². The lowest BCUT2D eigenvalue weighted by atomic mass is 9.94. The van der Waals surface area contributed by atoms with Crippen molar-refractivity contribution in [1.29, 1.82) is 0 Å². The molecule has 0 aliphatic rings. The minimum absolute atomic E-state index is 0.00395. The Hall–Kier alpha value is -1.87. The molecule has 0 N–H and O–H groups in total. The molecule has 0 saturated carbocycles. The van der Waals surface area contributed by atoms with E-state index in [2.05, 4.69) is 58.3 Å². The van der Waals surface area contributed by atoms with Crippen molar-refractivity contribution < 1.29 is 33.3 Å². The third-order valence-electron chi connectivity index (χ3n) is 12.6. The standard InChI is InChI=1S/C52H102N2O7/c1-8-15-19-23-25-29-37-47(35-27-21-17-10-3)50(55)58-44-33-31-39-49(61-52(57)60-46-43-54(14-7)42-41-53(12-5)13-6)40-32-34-45-59-51(56)48(36-28-22-18-11-4)38-30-26-24-20-16-9-2/h47-49H,8-46H2,1-7H3. The van der Waals surface area contributed by atoms with Gasteiger partial charge in [-0.1, -0.05) is 177 Å². The van der Waals surface area contributed by atoms with Crippen LogP contribution in [0.4, 0.5) is 4.79 Å². The van der Waals surface area contributed by atoms with Gasteiger partial charge in [0, 0.05) is 19.6 Å². The summed E-state index contributed by atoms with van der Waals surface area (Å²) in [5, 5.41) is 0. The van der Waals surface area contributed by atoms with Gasteiger partial charge in [0.05, 0.1) is 25.0 Å². The van der Waals surface area contributed by atoms with E-state index < -0.39 is 6.16 Å². The van der Waals surface area contributed by atoms with Crippen LogP contribution in [0.1, 0.15) is 241 Å². The third-order valence-corrected chi connectivity index (χ3v) is 12.6. The summed E-state index contributed by atoms with van der Waals surface area (Å²) in [5.41, 5.74) is 0. The second-order valence-corrected chi connectivity index (χ2v) is 17.8. The number of rotatable bonds is 46. The fraction of sp³-hybridized carbons (Fsp3) is 0.942. The first kappa shape index (κ1) is 59.1. The van der Waals surface area contributed by atoms with Gasteiger partial charge < -0.3 is 23.8 Å². The van der Waals surface area contributed by atoms with Gasteiger partial charge in [0.25, 0.3) is 0 Å². The molecule has 9 heteroatoms. The van der Waals surface area contributed by atoms with E-state index >= 15 is 0 Å². The Labute approximate surface area is 378 Å². The number of hydrogen-bond acceptors (Lipinski definition) is 9. The first-order valence-electron chi connectivity index (χ1n) is 26.4. The Morgan fingerprint density at radius 3 is 1.10 bits per heavy atom. The number of unbranched alkanes of at least 4 members (excludes halogenated alkanes) is 18. The summed E-state index contributed by atoms with van der Waals surface area (Å²) < 4.78 is 23.2. The van der Waals surface area contributed by atoms with Gasteiger partial charge in [-0.15, -0.1) is 0 Å². The van der Waals surface area contributed by atoms with Crippen LogP contribution in [0.5, 0.6) is 0 Å². The molecule has 362 valence electrons. The Morgan fingerprint density at radius 1 is 0.361 bits per heavy atom. The van der Waals surface area contributed by atoms with E-state index in [0.717, 1.165) is 110 Å². The van der Waals surface area contributed by atoms with Crippen molar-refractivity contribution >= 4 is 18.1 Å². The highest BCUT2D eigenvalue weighted by Crippen LogP contribution is 2.23. The van der Waals surface area contributed by atoms with Gasteiger partial charge >= 0.3 is 18.1 Å². The predicted molar refractivity (Wildman–Crippen MR) is 256 cm³/mol. The molecule has 0 heterocycles. The Morgan fingerprint density at radius 2 is 0.705 bits per heavy atom. The van der Waals surface area contributed by atoms with Crippen molar-refractivity contribution in [3.05, 3.63) is 0 Å². The zero-order valence-electron chi connectivity index (χ0n) is 41.6. The molecule has 0 radical (unpaired) electrons. The van der Waals surface area contributed by atoms with Crippen molar-refractivity contribution in [1.82, 2.24) is 9.80 Å². The van der Waals surface area contributed by atoms with Gasteiger partial charge in [0.2, 0.25) is 0 Å². The van der Waals surface area contributed by atoms with Crippen LogP contribution in [0, 0.1) is 11.8 Å². The molecular formula is C52H102N2O7. The first-order chi connectivity index (χ1) is 29.8. The quantitative estimate of drug-likeness (QED) is 0.0337. The molecule has 0 aromatic carbocycles. The molecule has 0 aromatic rings. The SMILES string of the molecule is CCCCCCCCC(CCCCCC)C(=O)OCCCCC(CCCCOC(=O)C(CCCCCC)CCCCCCCC)OC(=O)OCCN(CC)CCN(CC)CC. The summed E-state index contributed by atoms with van der Waals surface area (Å²) in [7, 11) is 0. The zero-order valence-corrected chi connectivity index (χ0v) is 41.6. The predicted octanol–water partition coefficient (Wildman–Crippen LogP) is 14.3. The minimum atomic E-state index is -0.621. The highest BCUT2D eigenvalue weighted by Gasteiger charge is 2.22. The molecule has 0 aromatic heterocycles. The molecule has 2 atom stereocenters. The van der Waals surface area contributed by atoms with E-state index in [1.807, 2.05) is 0 Å². The van der Waals surface area contributed by atoms with E-state index in [0.29, 0.717) is 39.2 Å². The smallest absolute Gasteiger partial charge is 0.465 e. The van der Waals surface area contributed by atoms with Gasteiger partial charge in [-0.3, -0.25) is 14.5 Å². The minimum Gasteiger partial charge on any atom is -0.465 e. The zero-order chi connectivity index (χ0) is 45.0. The monoisotopic (exact) mass is 867 g/mol. The van der Waals surface area contributed by atoms with Crippen molar-refractivity contribution in [2.75, 3.05) is 59.1 Å². The molecule has 0 amide bonds. The Bertz CT molecular complexity index is 923. The lowest BCUT2D eigenvalue weighted by Crippen LogP contribution is -2.37. The summed E-state index contributed by atoms with van der Waals surface area (Å²) in [6.07, 6.45) is 31.2. The van der Waals surface area contributed by atoms with Crippen LogP contribution in [0.3, 0.4) is 0 Å². The van der Waals surface area contributed by atoms with Crippen LogP contribution in [0.2, 0.25) is 0 Å². The van der Waals surface area contributed by atoms with Gasteiger partial charge in [0.1, 0.15) is 12.7 Å². The van der Waals surface area contributed by atoms with Gasteiger partial charge in [-0.05, 0) is 83.8 Å². The van der Waals surface area contributed by atoms with Crippen molar-refractivity contribution in [3.8, 4) is 0 Å². The summed E-state index contributed by atoms with van der Waals surface area (Å²) >= 11 is 0. The van der Waals surface area contributed by atoms with E-state index in [-0.39, 0.29) is 29.9 Å². The van der Waals surface area contributed by atoms with Crippen LogP contribution < -0.4 is 0 Å². The number of hydrogen-bond donors (Lipinski definition) is 0.